The number of amides is 1. The summed E-state index contributed by atoms with van der Waals surface area (Å²) in [6.07, 6.45) is 5.28. The van der Waals surface area contributed by atoms with Crippen molar-refractivity contribution in [1.29, 1.82) is 0 Å². The first-order chi connectivity index (χ1) is 12.1. The van der Waals surface area contributed by atoms with Gasteiger partial charge in [0.05, 0.1) is 11.0 Å². The lowest BCUT2D eigenvalue weighted by atomic mass is 10.1. The highest BCUT2D eigenvalue weighted by Gasteiger charge is 2.24. The van der Waals surface area contributed by atoms with Crippen molar-refractivity contribution in [2.24, 2.45) is 0 Å². The molecular formula is C18H19N3O4. The standard InChI is InChI=1S/C18H19N3O4/c22-18(15-5-1-6-16(10-15)21(23)24)20(13-17-7-3-9-25-17)12-14-4-2-8-19-11-14/h1-2,4-6,8,10-11,17H,3,7,9,12-13H2/t17-/m0/s1. The van der Waals surface area contributed by atoms with Crippen LogP contribution < -0.4 is 0 Å². The molecule has 1 aromatic heterocycles. The van der Waals surface area contributed by atoms with Gasteiger partial charge < -0.3 is 9.64 Å². The number of pyridine rings is 1. The number of aromatic nitrogens is 1. The number of nitro benzene ring substituents is 1. The van der Waals surface area contributed by atoms with Gasteiger partial charge in [0.25, 0.3) is 11.6 Å². The molecule has 0 radical (unpaired) electrons. The molecule has 0 saturated carbocycles. The van der Waals surface area contributed by atoms with Crippen molar-refractivity contribution in [2.75, 3.05) is 13.2 Å². The molecule has 1 saturated heterocycles. The lowest BCUT2D eigenvalue weighted by Gasteiger charge is -2.25. The molecule has 1 amide bonds. The van der Waals surface area contributed by atoms with Crippen molar-refractivity contribution in [3.05, 3.63) is 70.0 Å². The van der Waals surface area contributed by atoms with Crippen LogP contribution in [-0.2, 0) is 11.3 Å². The summed E-state index contributed by atoms with van der Waals surface area (Å²) < 4.78 is 5.65. The fourth-order valence-electron chi connectivity index (χ4n) is 2.90. The molecule has 0 spiro atoms. The predicted octanol–water partition coefficient (Wildman–Crippen LogP) is 2.81. The van der Waals surface area contributed by atoms with Crippen LogP contribution in [0.5, 0.6) is 0 Å². The fourth-order valence-corrected chi connectivity index (χ4v) is 2.90. The Morgan fingerprint density at radius 1 is 1.36 bits per heavy atom. The van der Waals surface area contributed by atoms with Crippen LogP contribution in [-0.4, -0.2) is 40.0 Å². The largest absolute Gasteiger partial charge is 0.376 e. The Morgan fingerprint density at radius 2 is 2.24 bits per heavy atom. The van der Waals surface area contributed by atoms with E-state index in [2.05, 4.69) is 4.98 Å². The smallest absolute Gasteiger partial charge is 0.270 e. The van der Waals surface area contributed by atoms with Crippen molar-refractivity contribution >= 4 is 11.6 Å². The first-order valence-corrected chi connectivity index (χ1v) is 8.18. The minimum atomic E-state index is -0.498. The molecule has 1 aliphatic rings. The van der Waals surface area contributed by atoms with E-state index in [9.17, 15) is 14.9 Å². The van der Waals surface area contributed by atoms with Gasteiger partial charge in [-0.05, 0) is 30.5 Å². The number of nitro groups is 1. The molecule has 1 aromatic carbocycles. The maximum Gasteiger partial charge on any atom is 0.270 e. The average Bonchev–Trinajstić information content (AvgIpc) is 3.14. The zero-order chi connectivity index (χ0) is 17.6. The number of rotatable bonds is 6. The minimum absolute atomic E-state index is 0.000630. The first kappa shape index (κ1) is 17.0. The monoisotopic (exact) mass is 341 g/mol. The van der Waals surface area contributed by atoms with E-state index < -0.39 is 4.92 Å². The van der Waals surface area contributed by atoms with E-state index in [0.717, 1.165) is 18.4 Å². The molecule has 25 heavy (non-hydrogen) atoms. The van der Waals surface area contributed by atoms with E-state index in [4.69, 9.17) is 4.74 Å². The normalized spacial score (nSPS) is 16.6. The van der Waals surface area contributed by atoms with E-state index in [0.29, 0.717) is 25.3 Å². The predicted molar refractivity (Wildman–Crippen MR) is 91.0 cm³/mol. The highest BCUT2D eigenvalue weighted by molar-refractivity contribution is 5.94. The average molecular weight is 341 g/mol. The molecule has 0 N–H and O–H groups in total. The van der Waals surface area contributed by atoms with Gasteiger partial charge in [-0.15, -0.1) is 0 Å². The van der Waals surface area contributed by atoms with Gasteiger partial charge in [0, 0.05) is 49.8 Å². The van der Waals surface area contributed by atoms with Gasteiger partial charge in [-0.2, -0.15) is 0 Å². The molecular weight excluding hydrogens is 322 g/mol. The van der Waals surface area contributed by atoms with Crippen molar-refractivity contribution in [1.82, 2.24) is 9.88 Å². The Kier molecular flexibility index (Phi) is 5.35. The molecule has 7 heteroatoms. The van der Waals surface area contributed by atoms with Crippen molar-refractivity contribution in [3.63, 3.8) is 0 Å². The summed E-state index contributed by atoms with van der Waals surface area (Å²) in [5.41, 5.74) is 1.11. The third-order valence-corrected chi connectivity index (χ3v) is 4.14. The molecule has 1 atom stereocenters. The molecule has 7 nitrogen and oxygen atoms in total. The number of carbonyl (C=O) groups excluding carboxylic acids is 1. The third-order valence-electron chi connectivity index (χ3n) is 4.14. The van der Waals surface area contributed by atoms with Gasteiger partial charge in [0.1, 0.15) is 0 Å². The van der Waals surface area contributed by atoms with Crippen LogP contribution in [0.1, 0.15) is 28.8 Å². The number of hydrogen-bond acceptors (Lipinski definition) is 5. The topological polar surface area (TPSA) is 85.6 Å². The zero-order valence-electron chi connectivity index (χ0n) is 13.7. The van der Waals surface area contributed by atoms with Crippen molar-refractivity contribution in [2.45, 2.75) is 25.5 Å². The molecule has 3 rings (SSSR count). The van der Waals surface area contributed by atoms with Gasteiger partial charge >= 0.3 is 0 Å². The number of benzene rings is 1. The molecule has 130 valence electrons. The second-order valence-electron chi connectivity index (χ2n) is 5.99. The molecule has 2 heterocycles. The van der Waals surface area contributed by atoms with E-state index in [1.165, 1.54) is 18.2 Å². The molecule has 0 aliphatic carbocycles. The van der Waals surface area contributed by atoms with E-state index >= 15 is 0 Å². The maximum atomic E-state index is 12.9. The second kappa shape index (κ2) is 7.85. The Labute approximate surface area is 145 Å². The Hall–Kier alpha value is -2.80. The summed E-state index contributed by atoms with van der Waals surface area (Å²) in [6.45, 7) is 1.54. The van der Waals surface area contributed by atoms with Crippen LogP contribution in [0.3, 0.4) is 0 Å². The quantitative estimate of drug-likeness (QED) is 0.596. The van der Waals surface area contributed by atoms with Gasteiger partial charge in [-0.25, -0.2) is 0 Å². The molecule has 2 aromatic rings. The summed E-state index contributed by atoms with van der Waals surface area (Å²) in [6, 6.07) is 9.53. The van der Waals surface area contributed by atoms with Crippen LogP contribution >= 0.6 is 0 Å². The van der Waals surface area contributed by atoms with Crippen LogP contribution in [0, 0.1) is 10.1 Å². The number of nitrogens with zero attached hydrogens (tertiary/aromatic N) is 3. The van der Waals surface area contributed by atoms with Gasteiger partial charge in [-0.1, -0.05) is 12.1 Å². The zero-order valence-corrected chi connectivity index (χ0v) is 13.7. The molecule has 0 unspecified atom stereocenters. The van der Waals surface area contributed by atoms with Crippen molar-refractivity contribution < 1.29 is 14.5 Å². The summed E-state index contributed by atoms with van der Waals surface area (Å²) in [4.78, 5) is 29.2. The van der Waals surface area contributed by atoms with Gasteiger partial charge in [-0.3, -0.25) is 19.9 Å². The maximum absolute atomic E-state index is 12.9. The van der Waals surface area contributed by atoms with E-state index in [1.54, 1.807) is 23.4 Å². The second-order valence-corrected chi connectivity index (χ2v) is 5.99. The Balaban J connectivity index is 1.82. The summed E-state index contributed by atoms with van der Waals surface area (Å²) >= 11 is 0. The lowest BCUT2D eigenvalue weighted by molar-refractivity contribution is -0.384. The van der Waals surface area contributed by atoms with Crippen molar-refractivity contribution in [3.8, 4) is 0 Å². The number of ether oxygens (including phenoxy) is 1. The summed E-state index contributed by atoms with van der Waals surface area (Å²) in [5.74, 6) is -0.247. The number of hydrogen-bond donors (Lipinski definition) is 0. The van der Waals surface area contributed by atoms with E-state index in [-0.39, 0.29) is 17.7 Å². The Bertz CT molecular complexity index is 745. The summed E-state index contributed by atoms with van der Waals surface area (Å²) in [5, 5.41) is 11.0. The molecule has 0 bridgehead atoms. The fraction of sp³-hybridized carbons (Fsp3) is 0.333. The summed E-state index contributed by atoms with van der Waals surface area (Å²) in [7, 11) is 0. The van der Waals surface area contributed by atoms with Gasteiger partial charge in [0.2, 0.25) is 0 Å². The van der Waals surface area contributed by atoms with Crippen LogP contribution in [0.15, 0.2) is 48.8 Å². The third kappa shape index (κ3) is 4.39. The van der Waals surface area contributed by atoms with E-state index in [1.807, 2.05) is 12.1 Å². The van der Waals surface area contributed by atoms with Crippen LogP contribution in [0.25, 0.3) is 0 Å². The lowest BCUT2D eigenvalue weighted by Crippen LogP contribution is -2.37. The van der Waals surface area contributed by atoms with Crippen LogP contribution in [0.2, 0.25) is 0 Å². The highest BCUT2D eigenvalue weighted by atomic mass is 16.6. The van der Waals surface area contributed by atoms with Gasteiger partial charge in [0.15, 0.2) is 0 Å². The highest BCUT2D eigenvalue weighted by Crippen LogP contribution is 2.19. The minimum Gasteiger partial charge on any atom is -0.376 e. The Morgan fingerprint density at radius 3 is 2.92 bits per heavy atom. The molecule has 1 fully saturated rings. The van der Waals surface area contributed by atoms with Crippen LogP contribution in [0.4, 0.5) is 5.69 Å². The first-order valence-electron chi connectivity index (χ1n) is 8.18. The number of carbonyl (C=O) groups is 1. The number of non-ortho nitro benzene ring substituents is 1. The SMILES string of the molecule is O=C(c1cccc([N+](=O)[O-])c1)N(Cc1cccnc1)C[C@@H]1CCCO1. The molecule has 1 aliphatic heterocycles.